The molecule has 28 heavy (non-hydrogen) atoms. The van der Waals surface area contributed by atoms with Crippen LogP contribution in [-0.2, 0) is 27.7 Å². The second-order valence-corrected chi connectivity index (χ2v) is 9.00. The summed E-state index contributed by atoms with van der Waals surface area (Å²) in [6.07, 6.45) is 3.66. The lowest BCUT2D eigenvalue weighted by atomic mass is 10.1. The highest BCUT2D eigenvalue weighted by atomic mass is 32.2. The fraction of sp³-hybridized carbons (Fsp3) is 0.409. The molecule has 0 heterocycles. The molecular formula is C22H30N2O3S. The number of carbonyl (C=O) groups excluding carboxylic acids is 1. The number of hydrogen-bond donors (Lipinski definition) is 1. The van der Waals surface area contributed by atoms with E-state index >= 15 is 0 Å². The predicted molar refractivity (Wildman–Crippen MR) is 115 cm³/mol. The molecule has 0 radical (unpaired) electrons. The summed E-state index contributed by atoms with van der Waals surface area (Å²) in [7, 11) is -3.59. The van der Waals surface area contributed by atoms with Gasteiger partial charge in [-0.15, -0.1) is 0 Å². The number of nitrogens with zero attached hydrogens (tertiary/aromatic N) is 1. The maximum Gasteiger partial charge on any atom is 0.243 e. The molecule has 0 aromatic heterocycles. The molecule has 0 bridgehead atoms. The highest BCUT2D eigenvalue weighted by Gasteiger charge is 2.28. The highest BCUT2D eigenvalue weighted by molar-refractivity contribution is 7.92. The van der Waals surface area contributed by atoms with E-state index in [1.54, 1.807) is 19.1 Å². The van der Waals surface area contributed by atoms with Gasteiger partial charge in [0, 0.05) is 6.54 Å². The van der Waals surface area contributed by atoms with Crippen molar-refractivity contribution in [2.24, 2.45) is 0 Å². The number of nitrogens with one attached hydrogen (secondary N) is 1. The maximum absolute atomic E-state index is 12.6. The second-order valence-electron chi connectivity index (χ2n) is 7.14. The van der Waals surface area contributed by atoms with Crippen molar-refractivity contribution in [3.8, 4) is 0 Å². The zero-order valence-electron chi connectivity index (χ0n) is 17.1. The Morgan fingerprint density at radius 3 is 2.36 bits per heavy atom. The molecule has 0 unspecified atom stereocenters. The number of rotatable bonds is 9. The van der Waals surface area contributed by atoms with Crippen LogP contribution in [0.5, 0.6) is 0 Å². The van der Waals surface area contributed by atoms with Gasteiger partial charge in [0.25, 0.3) is 0 Å². The zero-order chi connectivity index (χ0) is 20.7. The quantitative estimate of drug-likeness (QED) is 0.653. The second kappa shape index (κ2) is 9.73. The van der Waals surface area contributed by atoms with Gasteiger partial charge in [0.05, 0.1) is 11.9 Å². The highest BCUT2D eigenvalue weighted by Crippen LogP contribution is 2.21. The molecule has 2 rings (SSSR count). The van der Waals surface area contributed by atoms with Crippen LogP contribution >= 0.6 is 0 Å². The summed E-state index contributed by atoms with van der Waals surface area (Å²) >= 11 is 0. The van der Waals surface area contributed by atoms with Crippen molar-refractivity contribution >= 4 is 21.6 Å². The molecule has 1 amide bonds. The zero-order valence-corrected chi connectivity index (χ0v) is 17.9. The summed E-state index contributed by atoms with van der Waals surface area (Å²) in [6, 6.07) is 14.8. The Morgan fingerprint density at radius 2 is 1.79 bits per heavy atom. The number of amides is 1. The van der Waals surface area contributed by atoms with Crippen molar-refractivity contribution in [2.75, 3.05) is 17.1 Å². The molecule has 2 aromatic carbocycles. The van der Waals surface area contributed by atoms with Gasteiger partial charge in [-0.3, -0.25) is 9.10 Å². The first-order chi connectivity index (χ1) is 13.2. The van der Waals surface area contributed by atoms with E-state index in [2.05, 4.69) is 30.4 Å². The van der Waals surface area contributed by atoms with Crippen LogP contribution in [0, 0.1) is 6.92 Å². The Balaban J connectivity index is 1.99. The lowest BCUT2D eigenvalue weighted by Crippen LogP contribution is -2.48. The Bertz CT molecular complexity index is 892. The lowest BCUT2D eigenvalue weighted by Gasteiger charge is -2.28. The lowest BCUT2D eigenvalue weighted by molar-refractivity contribution is -0.121. The van der Waals surface area contributed by atoms with Crippen molar-refractivity contribution in [3.63, 3.8) is 0 Å². The Labute approximate surface area is 168 Å². The molecule has 0 spiro atoms. The minimum Gasteiger partial charge on any atom is -0.354 e. The third kappa shape index (κ3) is 6.09. The predicted octanol–water partition coefficient (Wildman–Crippen LogP) is 3.46. The number of carbonyl (C=O) groups is 1. The van der Waals surface area contributed by atoms with Crippen LogP contribution in [0.2, 0.25) is 0 Å². The molecule has 0 aliphatic heterocycles. The summed E-state index contributed by atoms with van der Waals surface area (Å²) in [5.74, 6) is -0.297. The molecule has 0 fully saturated rings. The van der Waals surface area contributed by atoms with Crippen LogP contribution in [0.3, 0.4) is 0 Å². The third-order valence-corrected chi connectivity index (χ3v) is 5.95. The van der Waals surface area contributed by atoms with E-state index in [1.807, 2.05) is 25.1 Å². The van der Waals surface area contributed by atoms with E-state index < -0.39 is 16.1 Å². The third-order valence-electron chi connectivity index (χ3n) is 4.71. The van der Waals surface area contributed by atoms with Crippen LogP contribution in [0.1, 0.15) is 37.0 Å². The molecule has 6 heteroatoms. The number of aryl methyl sites for hydroxylation is 3. The van der Waals surface area contributed by atoms with E-state index in [0.29, 0.717) is 12.2 Å². The minimum atomic E-state index is -3.59. The molecule has 152 valence electrons. The van der Waals surface area contributed by atoms with Crippen LogP contribution < -0.4 is 9.62 Å². The average Bonchev–Trinajstić information content (AvgIpc) is 2.64. The first kappa shape index (κ1) is 22.0. The molecule has 5 nitrogen and oxygen atoms in total. The van der Waals surface area contributed by atoms with Gasteiger partial charge in [-0.05, 0) is 56.4 Å². The Hall–Kier alpha value is -2.34. The molecule has 0 aliphatic rings. The number of hydrogen-bond acceptors (Lipinski definition) is 3. The average molecular weight is 403 g/mol. The number of sulfonamides is 1. The van der Waals surface area contributed by atoms with Crippen LogP contribution in [0.4, 0.5) is 5.69 Å². The molecular weight excluding hydrogens is 372 g/mol. The topological polar surface area (TPSA) is 66.5 Å². The largest absolute Gasteiger partial charge is 0.354 e. The maximum atomic E-state index is 12.6. The van der Waals surface area contributed by atoms with Gasteiger partial charge in [-0.1, -0.05) is 48.9 Å². The molecule has 0 saturated carbocycles. The van der Waals surface area contributed by atoms with Gasteiger partial charge < -0.3 is 5.32 Å². The molecule has 1 N–H and O–H groups in total. The Morgan fingerprint density at radius 1 is 1.11 bits per heavy atom. The standard InChI is InChI=1S/C22H30N2O3S/c1-5-19-11-13-21(14-12-19)24(28(4,26)27)18(3)22(25)23-15-7-10-20-9-6-8-17(2)16-20/h6,8-9,11-14,16,18H,5,7,10,15H2,1-4H3,(H,23,25)/t18-/m1/s1. The first-order valence-electron chi connectivity index (χ1n) is 9.64. The van der Waals surface area contributed by atoms with Gasteiger partial charge in [0.15, 0.2) is 0 Å². The van der Waals surface area contributed by atoms with Crippen LogP contribution in [0.15, 0.2) is 48.5 Å². The molecule has 0 saturated heterocycles. The van der Waals surface area contributed by atoms with Crippen molar-refractivity contribution in [1.82, 2.24) is 5.32 Å². The molecule has 0 aliphatic carbocycles. The summed E-state index contributed by atoms with van der Waals surface area (Å²) in [6.45, 7) is 6.21. The summed E-state index contributed by atoms with van der Waals surface area (Å²) in [5, 5.41) is 2.87. The van der Waals surface area contributed by atoms with Crippen molar-refractivity contribution in [1.29, 1.82) is 0 Å². The minimum absolute atomic E-state index is 0.297. The van der Waals surface area contributed by atoms with Crippen LogP contribution in [-0.4, -0.2) is 33.2 Å². The normalized spacial score (nSPS) is 12.4. The van der Waals surface area contributed by atoms with E-state index in [-0.39, 0.29) is 5.91 Å². The Kier molecular flexibility index (Phi) is 7.63. The fourth-order valence-corrected chi connectivity index (χ4v) is 4.38. The first-order valence-corrected chi connectivity index (χ1v) is 11.5. The van der Waals surface area contributed by atoms with Gasteiger partial charge in [0.2, 0.25) is 15.9 Å². The van der Waals surface area contributed by atoms with Crippen molar-refractivity contribution < 1.29 is 13.2 Å². The monoisotopic (exact) mass is 402 g/mol. The van der Waals surface area contributed by atoms with Gasteiger partial charge in [-0.25, -0.2) is 8.42 Å². The SMILES string of the molecule is CCc1ccc(N([C@H](C)C(=O)NCCCc2cccc(C)c2)S(C)(=O)=O)cc1. The number of benzene rings is 2. The van der Waals surface area contributed by atoms with E-state index in [9.17, 15) is 13.2 Å². The van der Waals surface area contributed by atoms with E-state index in [4.69, 9.17) is 0 Å². The van der Waals surface area contributed by atoms with Gasteiger partial charge in [0.1, 0.15) is 6.04 Å². The molecule has 2 aromatic rings. The smallest absolute Gasteiger partial charge is 0.243 e. The fourth-order valence-electron chi connectivity index (χ4n) is 3.21. The van der Waals surface area contributed by atoms with Crippen molar-refractivity contribution in [2.45, 2.75) is 46.1 Å². The summed E-state index contributed by atoms with van der Waals surface area (Å²) in [4.78, 5) is 12.6. The molecule has 1 atom stereocenters. The van der Waals surface area contributed by atoms with E-state index in [1.165, 1.54) is 15.4 Å². The van der Waals surface area contributed by atoms with Crippen molar-refractivity contribution in [3.05, 3.63) is 65.2 Å². The summed E-state index contributed by atoms with van der Waals surface area (Å²) in [5.41, 5.74) is 4.07. The van der Waals surface area contributed by atoms with Gasteiger partial charge in [-0.2, -0.15) is 0 Å². The summed E-state index contributed by atoms with van der Waals surface area (Å²) < 4.78 is 25.8. The number of anilines is 1. The van der Waals surface area contributed by atoms with Crippen LogP contribution in [0.25, 0.3) is 0 Å². The van der Waals surface area contributed by atoms with E-state index in [0.717, 1.165) is 31.1 Å². The van der Waals surface area contributed by atoms with Gasteiger partial charge >= 0.3 is 0 Å².